The Bertz CT molecular complexity index is 1310. The number of urea groups is 1. The lowest BCUT2D eigenvalue weighted by Crippen LogP contribution is -2.44. The molecule has 1 fully saturated rings. The number of methoxy groups -OCH3 is 1. The summed E-state index contributed by atoms with van der Waals surface area (Å²) in [6.07, 6.45) is 3.06. The van der Waals surface area contributed by atoms with Crippen molar-refractivity contribution in [3.8, 4) is 0 Å². The maximum Gasteiger partial charge on any atom is 0.337 e. The third-order valence-electron chi connectivity index (χ3n) is 8.00. The number of allylic oxidation sites excluding steroid dienone is 1. The summed E-state index contributed by atoms with van der Waals surface area (Å²) in [7, 11) is 5.07. The molecule has 2 N–H and O–H groups in total. The number of carbonyl (C=O) groups is 3. The number of hydrogen-bond donors (Lipinski definition) is 2. The molecule has 3 amide bonds. The fourth-order valence-corrected chi connectivity index (χ4v) is 6.03. The minimum absolute atomic E-state index is 0.0613. The van der Waals surface area contributed by atoms with E-state index in [1.165, 1.54) is 35.3 Å². The average molecular weight is 585 g/mol. The van der Waals surface area contributed by atoms with E-state index in [4.69, 9.17) is 9.47 Å². The van der Waals surface area contributed by atoms with Crippen molar-refractivity contribution in [2.75, 3.05) is 40.3 Å². The van der Waals surface area contributed by atoms with Gasteiger partial charge in [0, 0.05) is 37.7 Å². The van der Waals surface area contributed by atoms with E-state index in [1.807, 2.05) is 0 Å². The lowest BCUT2D eigenvalue weighted by Gasteiger charge is -2.39. The molecule has 2 aliphatic heterocycles. The number of carbonyl (C=O) groups excluding carboxylic acids is 3. The summed E-state index contributed by atoms with van der Waals surface area (Å²) in [5.41, 5.74) is 3.19. The Morgan fingerprint density at radius 2 is 1.98 bits per heavy atom. The molecule has 0 aromatic heterocycles. The fourth-order valence-electron chi connectivity index (χ4n) is 5.74. The third-order valence-corrected chi connectivity index (χ3v) is 8.45. The van der Waals surface area contributed by atoms with Gasteiger partial charge in [-0.2, -0.15) is 0 Å². The average Bonchev–Trinajstić information content (AvgIpc) is 3.33. The largest absolute Gasteiger partial charge is 0.466 e. The highest BCUT2D eigenvalue weighted by molar-refractivity contribution is 7.27. The van der Waals surface area contributed by atoms with E-state index >= 15 is 0 Å². The predicted octanol–water partition coefficient (Wildman–Crippen LogP) is 3.11. The normalized spacial score (nSPS) is 17.3. The number of nitrogens with one attached hydrogen (secondary N) is 2. The minimum Gasteiger partial charge on any atom is -0.466 e. The number of halogens is 1. The second kappa shape index (κ2) is 13.6. The molecule has 11 heteroatoms. The van der Waals surface area contributed by atoms with Crippen LogP contribution in [0.5, 0.6) is 0 Å². The number of likely N-dealkylation sites (tertiary alicyclic amines) is 1. The number of benzene rings is 2. The monoisotopic (exact) mass is 584 g/mol. The third kappa shape index (κ3) is 6.77. The number of hydrogen-bond acceptors (Lipinski definition) is 6. The molecule has 0 bridgehead atoms. The van der Waals surface area contributed by atoms with Crippen molar-refractivity contribution in [3.63, 3.8) is 0 Å². The number of ether oxygens (including phenoxy) is 2. The van der Waals surface area contributed by atoms with Crippen LogP contribution in [0.3, 0.4) is 0 Å². The van der Waals surface area contributed by atoms with Crippen LogP contribution in [0.25, 0.3) is 0 Å². The van der Waals surface area contributed by atoms with Gasteiger partial charge in [-0.1, -0.05) is 30.3 Å². The van der Waals surface area contributed by atoms with Crippen LogP contribution in [-0.2, 0) is 31.3 Å². The van der Waals surface area contributed by atoms with Crippen molar-refractivity contribution in [2.24, 2.45) is 0 Å². The number of likely N-dealkylation sites (N-methyl/N-ethyl adjacent to an activating group) is 1. The van der Waals surface area contributed by atoms with Crippen LogP contribution in [0.1, 0.15) is 48.9 Å². The van der Waals surface area contributed by atoms with Crippen LogP contribution in [-0.4, -0.2) is 68.5 Å². The first-order valence-corrected chi connectivity index (χ1v) is 14.3. The molecule has 0 saturated carbocycles. The molecule has 4 rings (SSSR count). The number of nitrogens with zero attached hydrogens (tertiary/aromatic N) is 2. The fraction of sp³-hybridized carbons (Fsp3) is 0.433. The van der Waals surface area contributed by atoms with Crippen LogP contribution in [0.15, 0.2) is 53.7 Å². The predicted molar refractivity (Wildman–Crippen MR) is 157 cm³/mol. The highest BCUT2D eigenvalue weighted by Crippen LogP contribution is 2.43. The summed E-state index contributed by atoms with van der Waals surface area (Å²) >= 11 is 0. The molecule has 9 nitrogen and oxygen atoms in total. The second-order valence-electron chi connectivity index (χ2n) is 10.5. The summed E-state index contributed by atoms with van der Waals surface area (Å²) in [6, 6.07) is 11.4. The summed E-state index contributed by atoms with van der Waals surface area (Å²) in [4.78, 5) is 41.0. The Kier molecular flexibility index (Phi) is 10.1. The zero-order valence-electron chi connectivity index (χ0n) is 23.7. The Balaban J connectivity index is 1.38. The van der Waals surface area contributed by atoms with Gasteiger partial charge in [-0.25, -0.2) is 14.0 Å². The number of fused-ring (bicyclic) bond motifs is 2. The Morgan fingerprint density at radius 1 is 1.24 bits per heavy atom. The van der Waals surface area contributed by atoms with E-state index < -0.39 is 23.9 Å². The van der Waals surface area contributed by atoms with E-state index in [0.717, 1.165) is 38.9 Å². The molecule has 2 aromatic carbocycles. The van der Waals surface area contributed by atoms with Gasteiger partial charge in [0.1, 0.15) is 5.82 Å². The van der Waals surface area contributed by atoms with Gasteiger partial charge in [0.05, 0.1) is 30.9 Å². The molecule has 220 valence electrons. The van der Waals surface area contributed by atoms with Crippen LogP contribution in [0, 0.1) is 5.82 Å². The zero-order valence-corrected chi connectivity index (χ0v) is 24.9. The van der Waals surface area contributed by atoms with Gasteiger partial charge in [0.15, 0.2) is 0 Å². The van der Waals surface area contributed by atoms with Gasteiger partial charge in [-0.15, -0.1) is 9.24 Å². The first kappa shape index (κ1) is 30.6. The summed E-state index contributed by atoms with van der Waals surface area (Å²) in [5, 5.41) is 5.70. The molecular weight excluding hydrogens is 546 g/mol. The first-order valence-electron chi connectivity index (χ1n) is 13.7. The van der Waals surface area contributed by atoms with Crippen molar-refractivity contribution >= 4 is 33.0 Å². The highest BCUT2D eigenvalue weighted by atomic mass is 31.0. The molecule has 0 aliphatic carbocycles. The van der Waals surface area contributed by atoms with E-state index in [9.17, 15) is 18.8 Å². The lowest BCUT2D eigenvalue weighted by molar-refractivity contribution is -0.136. The van der Waals surface area contributed by atoms with Crippen molar-refractivity contribution in [1.82, 2.24) is 20.4 Å². The van der Waals surface area contributed by atoms with Gasteiger partial charge in [-0.3, -0.25) is 4.79 Å². The summed E-state index contributed by atoms with van der Waals surface area (Å²) in [6.45, 7) is 5.31. The molecular formula is C30H38FN4O5P. The number of esters is 1. The van der Waals surface area contributed by atoms with Crippen molar-refractivity contribution in [1.29, 1.82) is 0 Å². The van der Waals surface area contributed by atoms with Gasteiger partial charge < -0.3 is 29.9 Å². The van der Waals surface area contributed by atoms with Crippen molar-refractivity contribution in [2.45, 2.75) is 44.4 Å². The maximum atomic E-state index is 14.1. The molecule has 2 heterocycles. The van der Waals surface area contributed by atoms with Gasteiger partial charge in [0.2, 0.25) is 6.41 Å². The summed E-state index contributed by atoms with van der Waals surface area (Å²) < 4.78 is 25.3. The molecule has 2 aliphatic rings. The minimum atomic E-state index is -0.942. The lowest BCUT2D eigenvalue weighted by atomic mass is 9.84. The standard InChI is InChI=1S/C30H38FN4O5P/c1-20(33-19-36)26(28(37)39-3)27(21-9-10-24(31)25(41)17-21)34(2)29(38)32-13-6-14-35-15-11-30(12-16-35)23-8-5-4-7-22(23)18-40-30/h4-5,7-10,17,19,27H,6,11-16,18,41H2,1-3H3,(H,32,38)(H,33,36)/b26-20+. The topological polar surface area (TPSA) is 100 Å². The smallest absolute Gasteiger partial charge is 0.337 e. The van der Waals surface area contributed by atoms with Gasteiger partial charge >= 0.3 is 12.0 Å². The number of piperidine rings is 1. The number of rotatable bonds is 10. The van der Waals surface area contributed by atoms with E-state index in [2.05, 4.69) is 49.0 Å². The Hall–Kier alpha value is -3.33. The zero-order chi connectivity index (χ0) is 29.6. The molecule has 2 aromatic rings. The van der Waals surface area contributed by atoms with E-state index in [0.29, 0.717) is 25.1 Å². The quantitative estimate of drug-likeness (QED) is 0.146. The Labute approximate surface area is 242 Å². The first-order chi connectivity index (χ1) is 19.7. The molecule has 0 radical (unpaired) electrons. The van der Waals surface area contributed by atoms with Gasteiger partial charge in [-0.05, 0) is 61.6 Å². The molecule has 1 saturated heterocycles. The number of amides is 3. The highest BCUT2D eigenvalue weighted by Gasteiger charge is 2.42. The molecule has 2 unspecified atom stereocenters. The second-order valence-corrected chi connectivity index (χ2v) is 11.1. The molecule has 41 heavy (non-hydrogen) atoms. The SMILES string of the molecule is COC(=O)/C(=C(\C)NC=O)C(c1ccc(F)c(P)c1)N(C)C(=O)NCCCN1CCC2(CC1)OCc1ccccc12. The molecule has 1 spiro atoms. The molecule has 2 atom stereocenters. The maximum absolute atomic E-state index is 14.1. The van der Waals surface area contributed by atoms with Crippen LogP contribution >= 0.6 is 9.24 Å². The van der Waals surface area contributed by atoms with Crippen LogP contribution < -0.4 is 15.9 Å². The summed E-state index contributed by atoms with van der Waals surface area (Å²) in [5.74, 6) is -1.16. The van der Waals surface area contributed by atoms with E-state index in [1.54, 1.807) is 20.0 Å². The van der Waals surface area contributed by atoms with Crippen molar-refractivity contribution < 1.29 is 28.2 Å². The van der Waals surface area contributed by atoms with Crippen LogP contribution in [0.2, 0.25) is 0 Å². The Morgan fingerprint density at radius 3 is 2.66 bits per heavy atom. The van der Waals surface area contributed by atoms with Crippen molar-refractivity contribution in [3.05, 3.63) is 76.2 Å². The van der Waals surface area contributed by atoms with Crippen LogP contribution in [0.4, 0.5) is 9.18 Å². The van der Waals surface area contributed by atoms with E-state index in [-0.39, 0.29) is 22.2 Å². The van der Waals surface area contributed by atoms with Gasteiger partial charge in [0.25, 0.3) is 0 Å².